The van der Waals surface area contributed by atoms with Crippen molar-refractivity contribution in [3.8, 4) is 0 Å². The molecule has 1 heterocycles. The minimum Gasteiger partial charge on any atom is -0.393 e. The Balaban J connectivity index is 2.20. The largest absolute Gasteiger partial charge is 0.393 e. The number of hydrogen-bond acceptors (Lipinski definition) is 4. The Morgan fingerprint density at radius 2 is 2.13 bits per heavy atom. The van der Waals surface area contributed by atoms with Crippen molar-refractivity contribution < 1.29 is 0 Å². The maximum Gasteiger partial charge on any atom is 0.157 e. The van der Waals surface area contributed by atoms with E-state index in [9.17, 15) is 0 Å². The van der Waals surface area contributed by atoms with Crippen LogP contribution >= 0.6 is 11.6 Å². The summed E-state index contributed by atoms with van der Waals surface area (Å²) in [6, 6.07) is 0. The van der Waals surface area contributed by atoms with Crippen molar-refractivity contribution in [2.45, 2.75) is 32.2 Å². The number of nitrogens with zero attached hydrogens (tertiary/aromatic N) is 2. The molecule has 1 aromatic heterocycles. The third-order valence-corrected chi connectivity index (χ3v) is 3.18. The molecular weight excluding hydrogens is 212 g/mol. The molecule has 0 aliphatic heterocycles. The molecule has 0 spiro atoms. The van der Waals surface area contributed by atoms with Gasteiger partial charge in [-0.15, -0.1) is 0 Å². The summed E-state index contributed by atoms with van der Waals surface area (Å²) in [5, 5.41) is 3.63. The van der Waals surface area contributed by atoms with Crippen LogP contribution in [0.25, 0.3) is 0 Å². The van der Waals surface area contributed by atoms with Crippen LogP contribution in [0.1, 0.15) is 26.7 Å². The highest BCUT2D eigenvalue weighted by Crippen LogP contribution is 2.41. The van der Waals surface area contributed by atoms with Crippen molar-refractivity contribution >= 4 is 23.1 Å². The zero-order chi connectivity index (χ0) is 11.1. The third-order valence-electron chi connectivity index (χ3n) is 2.87. The molecule has 0 saturated heterocycles. The molecular formula is C10H15ClN4. The van der Waals surface area contributed by atoms with E-state index in [1.807, 2.05) is 0 Å². The molecule has 0 radical (unpaired) electrons. The number of rotatable bonds is 3. The minimum atomic E-state index is 0.0196. The molecule has 5 heteroatoms. The number of anilines is 2. The Morgan fingerprint density at radius 1 is 1.47 bits per heavy atom. The number of aromatic nitrogens is 2. The van der Waals surface area contributed by atoms with Gasteiger partial charge in [-0.05, 0) is 32.6 Å². The lowest BCUT2D eigenvalue weighted by molar-refractivity contribution is 0.493. The van der Waals surface area contributed by atoms with Crippen LogP contribution in [-0.2, 0) is 0 Å². The summed E-state index contributed by atoms with van der Waals surface area (Å²) in [4.78, 5) is 7.92. The highest BCUT2D eigenvalue weighted by atomic mass is 35.5. The van der Waals surface area contributed by atoms with Gasteiger partial charge in [-0.1, -0.05) is 11.6 Å². The van der Waals surface area contributed by atoms with E-state index in [1.165, 1.54) is 19.2 Å². The highest BCUT2D eigenvalue weighted by molar-refractivity contribution is 6.32. The molecule has 0 amide bonds. The van der Waals surface area contributed by atoms with Gasteiger partial charge in [-0.3, -0.25) is 0 Å². The third kappa shape index (κ3) is 2.15. The fourth-order valence-corrected chi connectivity index (χ4v) is 1.82. The fourth-order valence-electron chi connectivity index (χ4n) is 1.69. The Bertz CT molecular complexity index is 374. The molecule has 3 N–H and O–H groups in total. The van der Waals surface area contributed by atoms with Crippen LogP contribution in [0.4, 0.5) is 11.5 Å². The molecule has 0 aromatic carbocycles. The van der Waals surface area contributed by atoms with Gasteiger partial charge < -0.3 is 11.1 Å². The van der Waals surface area contributed by atoms with Crippen molar-refractivity contribution in [2.75, 3.05) is 11.1 Å². The first-order valence-corrected chi connectivity index (χ1v) is 5.42. The van der Waals surface area contributed by atoms with E-state index in [1.54, 1.807) is 0 Å². The van der Waals surface area contributed by atoms with Crippen LogP contribution in [0.5, 0.6) is 0 Å². The molecule has 1 aliphatic carbocycles. The first kappa shape index (κ1) is 10.5. The van der Waals surface area contributed by atoms with Gasteiger partial charge in [0.2, 0.25) is 0 Å². The quantitative estimate of drug-likeness (QED) is 0.777. The van der Waals surface area contributed by atoms with Crippen LogP contribution < -0.4 is 11.1 Å². The summed E-state index contributed by atoms with van der Waals surface area (Å²) in [5.41, 5.74) is 6.23. The molecule has 0 unspecified atom stereocenters. The van der Waals surface area contributed by atoms with E-state index < -0.39 is 0 Å². The SMILES string of the molecule is CC(C)(Nc1ncnc(Cl)c1N)C1CC1. The molecule has 1 saturated carbocycles. The minimum absolute atomic E-state index is 0.0196. The van der Waals surface area contributed by atoms with Gasteiger partial charge >= 0.3 is 0 Å². The van der Waals surface area contributed by atoms with Gasteiger partial charge in [-0.2, -0.15) is 0 Å². The van der Waals surface area contributed by atoms with E-state index in [4.69, 9.17) is 17.3 Å². The van der Waals surface area contributed by atoms with Gasteiger partial charge in [0.25, 0.3) is 0 Å². The Morgan fingerprint density at radius 3 is 2.73 bits per heavy atom. The first-order valence-electron chi connectivity index (χ1n) is 5.05. The average Bonchev–Trinajstić information content (AvgIpc) is 2.95. The molecule has 15 heavy (non-hydrogen) atoms. The zero-order valence-corrected chi connectivity index (χ0v) is 9.67. The topological polar surface area (TPSA) is 63.8 Å². The van der Waals surface area contributed by atoms with E-state index in [0.717, 1.165) is 0 Å². The highest BCUT2D eigenvalue weighted by Gasteiger charge is 2.38. The van der Waals surface area contributed by atoms with Gasteiger partial charge in [0.05, 0.1) is 0 Å². The monoisotopic (exact) mass is 226 g/mol. The normalized spacial score (nSPS) is 16.5. The number of nitrogens with two attached hydrogens (primary N) is 1. The van der Waals surface area contributed by atoms with Crippen molar-refractivity contribution in [3.63, 3.8) is 0 Å². The predicted molar refractivity (Wildman–Crippen MR) is 61.9 cm³/mol. The summed E-state index contributed by atoms with van der Waals surface area (Å²) >= 11 is 5.82. The maximum absolute atomic E-state index is 5.82. The summed E-state index contributed by atoms with van der Waals surface area (Å²) in [5.74, 6) is 1.33. The van der Waals surface area contributed by atoms with E-state index in [0.29, 0.717) is 22.6 Å². The summed E-state index contributed by atoms with van der Waals surface area (Å²) in [7, 11) is 0. The number of hydrogen-bond donors (Lipinski definition) is 2. The maximum atomic E-state index is 5.82. The van der Waals surface area contributed by atoms with Crippen molar-refractivity contribution in [1.82, 2.24) is 9.97 Å². The number of nitrogens with one attached hydrogen (secondary N) is 1. The lowest BCUT2D eigenvalue weighted by Gasteiger charge is -2.27. The molecule has 82 valence electrons. The van der Waals surface area contributed by atoms with Crippen LogP contribution in [0.15, 0.2) is 6.33 Å². The number of nitrogen functional groups attached to an aromatic ring is 1. The van der Waals surface area contributed by atoms with Crippen molar-refractivity contribution in [1.29, 1.82) is 0 Å². The molecule has 1 aliphatic rings. The van der Waals surface area contributed by atoms with E-state index in [-0.39, 0.29) is 5.54 Å². The number of halogens is 1. The van der Waals surface area contributed by atoms with Crippen LogP contribution in [0.2, 0.25) is 5.15 Å². The van der Waals surface area contributed by atoms with Gasteiger partial charge in [0, 0.05) is 5.54 Å². The molecule has 2 rings (SSSR count). The zero-order valence-electron chi connectivity index (χ0n) is 8.92. The lowest BCUT2D eigenvalue weighted by atomic mass is 9.99. The summed E-state index contributed by atoms with van der Waals surface area (Å²) in [6.07, 6.45) is 3.95. The molecule has 1 aromatic rings. The molecule has 4 nitrogen and oxygen atoms in total. The van der Waals surface area contributed by atoms with Gasteiger partial charge in [0.1, 0.15) is 12.0 Å². The van der Waals surface area contributed by atoms with Crippen LogP contribution in [0.3, 0.4) is 0 Å². The van der Waals surface area contributed by atoms with Crippen molar-refractivity contribution in [3.05, 3.63) is 11.5 Å². The summed E-state index contributed by atoms with van der Waals surface area (Å²) in [6.45, 7) is 4.31. The molecule has 0 atom stereocenters. The average molecular weight is 227 g/mol. The predicted octanol–water partition coefficient (Wildman–Crippen LogP) is 2.31. The standard InChI is InChI=1S/C10H15ClN4/c1-10(2,6-3-4-6)15-9-7(12)8(11)13-5-14-9/h5-6H,3-4,12H2,1-2H3,(H,13,14,15). The molecule has 0 bridgehead atoms. The molecule has 1 fully saturated rings. The second-order valence-corrected chi connectivity index (χ2v) is 4.91. The summed E-state index contributed by atoms with van der Waals surface area (Å²) < 4.78 is 0. The second kappa shape index (κ2) is 3.52. The van der Waals surface area contributed by atoms with Gasteiger partial charge in [0.15, 0.2) is 11.0 Å². The van der Waals surface area contributed by atoms with E-state index in [2.05, 4.69) is 29.1 Å². The van der Waals surface area contributed by atoms with Crippen LogP contribution in [-0.4, -0.2) is 15.5 Å². The lowest BCUT2D eigenvalue weighted by Crippen LogP contribution is -2.34. The van der Waals surface area contributed by atoms with Gasteiger partial charge in [-0.25, -0.2) is 9.97 Å². The van der Waals surface area contributed by atoms with Crippen LogP contribution in [0, 0.1) is 5.92 Å². The fraction of sp³-hybridized carbons (Fsp3) is 0.600. The Labute approximate surface area is 94.2 Å². The Hall–Kier alpha value is -1.03. The van der Waals surface area contributed by atoms with E-state index >= 15 is 0 Å². The van der Waals surface area contributed by atoms with Crippen molar-refractivity contribution in [2.24, 2.45) is 5.92 Å². The Kier molecular flexibility index (Phi) is 2.46. The first-order chi connectivity index (χ1) is 7.00. The second-order valence-electron chi connectivity index (χ2n) is 4.55. The smallest absolute Gasteiger partial charge is 0.157 e.